The standard InChI is InChI=1S/C31H36ClN3O2/c1-21-8-5-6-10-26(21)29(36)34-25-14-11-23(12-15-25)30(37)35-19-7-9-22(17-18-33-31(2,3)4)27-20-24(32)13-16-28(27)35/h5-6,8,10-16,20,22,33H,7,9,17-19H2,1-4H3,(H,34,36). The molecule has 0 aliphatic carbocycles. The molecular formula is C31H36ClN3O2. The van der Waals surface area contributed by atoms with Crippen LogP contribution in [0.25, 0.3) is 0 Å². The number of carbonyl (C=O) groups excluding carboxylic acids is 2. The molecule has 0 saturated carbocycles. The fraction of sp³-hybridized carbons (Fsp3) is 0.355. The number of rotatable bonds is 6. The van der Waals surface area contributed by atoms with Crippen LogP contribution in [0.5, 0.6) is 0 Å². The molecule has 5 nitrogen and oxygen atoms in total. The van der Waals surface area contributed by atoms with E-state index < -0.39 is 0 Å². The van der Waals surface area contributed by atoms with Gasteiger partial charge in [0.05, 0.1) is 0 Å². The van der Waals surface area contributed by atoms with Crippen LogP contribution in [0.15, 0.2) is 66.7 Å². The highest BCUT2D eigenvalue weighted by molar-refractivity contribution is 6.30. The quantitative estimate of drug-likeness (QED) is 0.363. The fourth-order valence-electron chi connectivity index (χ4n) is 4.88. The first-order valence-corrected chi connectivity index (χ1v) is 13.3. The molecule has 37 heavy (non-hydrogen) atoms. The summed E-state index contributed by atoms with van der Waals surface area (Å²) in [6.45, 7) is 9.99. The Balaban J connectivity index is 1.51. The summed E-state index contributed by atoms with van der Waals surface area (Å²) in [5.74, 6) is 0.122. The van der Waals surface area contributed by atoms with Crippen LogP contribution in [0.3, 0.4) is 0 Å². The Kier molecular flexibility index (Phi) is 8.35. The van der Waals surface area contributed by atoms with Crippen molar-refractivity contribution in [1.29, 1.82) is 0 Å². The van der Waals surface area contributed by atoms with E-state index in [-0.39, 0.29) is 17.4 Å². The van der Waals surface area contributed by atoms with Gasteiger partial charge in [0.2, 0.25) is 0 Å². The van der Waals surface area contributed by atoms with Gasteiger partial charge in [0.15, 0.2) is 0 Å². The van der Waals surface area contributed by atoms with E-state index in [4.69, 9.17) is 11.6 Å². The van der Waals surface area contributed by atoms with Crippen molar-refractivity contribution < 1.29 is 9.59 Å². The van der Waals surface area contributed by atoms with Crippen LogP contribution in [0, 0.1) is 6.92 Å². The Bertz CT molecular complexity index is 1260. The molecule has 0 aromatic heterocycles. The zero-order chi connectivity index (χ0) is 26.6. The number of fused-ring (bicyclic) bond motifs is 1. The van der Waals surface area contributed by atoms with Crippen LogP contribution < -0.4 is 15.5 Å². The van der Waals surface area contributed by atoms with E-state index in [9.17, 15) is 9.59 Å². The van der Waals surface area contributed by atoms with Gasteiger partial charge in [-0.2, -0.15) is 0 Å². The third-order valence-electron chi connectivity index (χ3n) is 6.83. The van der Waals surface area contributed by atoms with Crippen molar-refractivity contribution in [2.24, 2.45) is 0 Å². The number of anilines is 2. The largest absolute Gasteiger partial charge is 0.322 e. The molecule has 2 amide bonds. The number of benzene rings is 3. The Morgan fingerprint density at radius 2 is 1.76 bits per heavy atom. The summed E-state index contributed by atoms with van der Waals surface area (Å²) in [5.41, 5.74) is 4.92. The van der Waals surface area contributed by atoms with Crippen LogP contribution in [-0.4, -0.2) is 30.4 Å². The molecule has 0 saturated heterocycles. The summed E-state index contributed by atoms with van der Waals surface area (Å²) in [7, 11) is 0. The average Bonchev–Trinajstić information content (AvgIpc) is 3.03. The number of nitrogens with one attached hydrogen (secondary N) is 2. The van der Waals surface area contributed by atoms with Gasteiger partial charge in [0.1, 0.15) is 0 Å². The molecule has 4 rings (SSSR count). The molecule has 0 radical (unpaired) electrons. The molecule has 194 valence electrons. The number of halogens is 1. The van der Waals surface area contributed by atoms with Crippen molar-refractivity contribution in [1.82, 2.24) is 5.32 Å². The monoisotopic (exact) mass is 517 g/mol. The molecule has 3 aromatic carbocycles. The molecule has 0 fully saturated rings. The minimum atomic E-state index is -0.164. The molecule has 1 unspecified atom stereocenters. The first kappa shape index (κ1) is 26.9. The first-order chi connectivity index (χ1) is 17.6. The number of aryl methyl sites for hydroxylation is 1. The van der Waals surface area contributed by atoms with Crippen LogP contribution >= 0.6 is 11.6 Å². The molecule has 6 heteroatoms. The number of carbonyl (C=O) groups is 2. The van der Waals surface area contributed by atoms with Gasteiger partial charge < -0.3 is 15.5 Å². The van der Waals surface area contributed by atoms with Crippen molar-refractivity contribution in [3.8, 4) is 0 Å². The second-order valence-electron chi connectivity index (χ2n) is 10.8. The van der Waals surface area contributed by atoms with Gasteiger partial charge in [-0.05, 0) is 119 Å². The summed E-state index contributed by atoms with van der Waals surface area (Å²) in [5, 5.41) is 7.20. The van der Waals surface area contributed by atoms with Gasteiger partial charge in [0, 0.05) is 39.6 Å². The summed E-state index contributed by atoms with van der Waals surface area (Å²) in [4.78, 5) is 28.2. The Morgan fingerprint density at radius 3 is 2.46 bits per heavy atom. The number of nitrogens with zero attached hydrogens (tertiary/aromatic N) is 1. The molecule has 0 spiro atoms. The molecule has 1 heterocycles. The summed E-state index contributed by atoms with van der Waals surface area (Å²) in [6, 6.07) is 20.5. The SMILES string of the molecule is Cc1ccccc1C(=O)Nc1ccc(C(=O)N2CCCC(CCNC(C)(C)C)c3cc(Cl)ccc32)cc1. The maximum Gasteiger partial charge on any atom is 0.258 e. The highest BCUT2D eigenvalue weighted by Gasteiger charge is 2.27. The molecule has 0 bridgehead atoms. The third-order valence-corrected chi connectivity index (χ3v) is 7.06. The molecule has 1 atom stereocenters. The van der Waals surface area contributed by atoms with Crippen molar-refractivity contribution in [3.63, 3.8) is 0 Å². The van der Waals surface area contributed by atoms with E-state index >= 15 is 0 Å². The number of hydrogen-bond donors (Lipinski definition) is 2. The molecule has 2 N–H and O–H groups in total. The zero-order valence-corrected chi connectivity index (χ0v) is 22.9. The summed E-state index contributed by atoms with van der Waals surface area (Å²) in [6.07, 6.45) is 2.91. The summed E-state index contributed by atoms with van der Waals surface area (Å²) < 4.78 is 0. The Labute approximate surface area is 225 Å². The molecule has 1 aliphatic heterocycles. The lowest BCUT2D eigenvalue weighted by atomic mass is 9.90. The summed E-state index contributed by atoms with van der Waals surface area (Å²) >= 11 is 6.41. The lowest BCUT2D eigenvalue weighted by molar-refractivity contribution is 0.0985. The van der Waals surface area contributed by atoms with E-state index in [1.807, 2.05) is 48.2 Å². The normalized spacial score (nSPS) is 15.6. The van der Waals surface area contributed by atoms with Gasteiger partial charge in [-0.15, -0.1) is 0 Å². The highest BCUT2D eigenvalue weighted by atomic mass is 35.5. The minimum absolute atomic E-state index is 0.0474. The predicted molar refractivity (Wildman–Crippen MR) is 153 cm³/mol. The van der Waals surface area contributed by atoms with Crippen LogP contribution in [0.2, 0.25) is 5.02 Å². The molecular weight excluding hydrogens is 482 g/mol. The van der Waals surface area contributed by atoms with Crippen molar-refractivity contribution >= 4 is 34.8 Å². The van der Waals surface area contributed by atoms with E-state index in [2.05, 4.69) is 31.4 Å². The minimum Gasteiger partial charge on any atom is -0.322 e. The lowest BCUT2D eigenvalue weighted by Gasteiger charge is -2.26. The van der Waals surface area contributed by atoms with Crippen LogP contribution in [0.4, 0.5) is 11.4 Å². The lowest BCUT2D eigenvalue weighted by Crippen LogP contribution is -2.36. The maximum absolute atomic E-state index is 13.6. The van der Waals surface area contributed by atoms with Crippen LogP contribution in [-0.2, 0) is 0 Å². The second-order valence-corrected chi connectivity index (χ2v) is 11.2. The Morgan fingerprint density at radius 1 is 1.03 bits per heavy atom. The predicted octanol–water partition coefficient (Wildman–Crippen LogP) is 7.20. The maximum atomic E-state index is 13.6. The van der Waals surface area contributed by atoms with E-state index in [1.54, 1.807) is 30.3 Å². The second kappa shape index (κ2) is 11.5. The van der Waals surface area contributed by atoms with E-state index in [0.717, 1.165) is 42.6 Å². The average molecular weight is 518 g/mol. The van der Waals surface area contributed by atoms with Gasteiger partial charge in [-0.3, -0.25) is 9.59 Å². The van der Waals surface area contributed by atoms with E-state index in [1.165, 1.54) is 0 Å². The topological polar surface area (TPSA) is 61.4 Å². The van der Waals surface area contributed by atoms with Crippen molar-refractivity contribution in [3.05, 3.63) is 94.0 Å². The van der Waals surface area contributed by atoms with Gasteiger partial charge in [-0.25, -0.2) is 0 Å². The highest BCUT2D eigenvalue weighted by Crippen LogP contribution is 2.38. The van der Waals surface area contributed by atoms with Gasteiger partial charge in [0.25, 0.3) is 11.8 Å². The third kappa shape index (κ3) is 6.79. The Hall–Kier alpha value is -3.15. The molecule has 3 aromatic rings. The van der Waals surface area contributed by atoms with Crippen molar-refractivity contribution in [2.75, 3.05) is 23.3 Å². The fourth-order valence-corrected chi connectivity index (χ4v) is 5.06. The van der Waals surface area contributed by atoms with E-state index in [0.29, 0.717) is 34.3 Å². The first-order valence-electron chi connectivity index (χ1n) is 13.0. The molecule has 1 aliphatic rings. The van der Waals surface area contributed by atoms with Crippen LogP contribution in [0.1, 0.15) is 77.8 Å². The number of hydrogen-bond acceptors (Lipinski definition) is 3. The zero-order valence-electron chi connectivity index (χ0n) is 22.1. The van der Waals surface area contributed by atoms with Gasteiger partial charge >= 0.3 is 0 Å². The van der Waals surface area contributed by atoms with Crippen molar-refractivity contribution in [2.45, 2.75) is 58.4 Å². The number of amides is 2. The smallest absolute Gasteiger partial charge is 0.258 e. The van der Waals surface area contributed by atoms with Gasteiger partial charge in [-0.1, -0.05) is 29.8 Å².